The number of nitrogens with two attached hydrogens (primary N) is 1. The number of carbonyl (C=O) groups is 2. The quantitative estimate of drug-likeness (QED) is 0.549. The van der Waals surface area contributed by atoms with Crippen LogP contribution < -0.4 is 16.4 Å². The van der Waals surface area contributed by atoms with E-state index in [4.69, 9.17) is 10.5 Å². The summed E-state index contributed by atoms with van der Waals surface area (Å²) in [7, 11) is 0. The first-order valence-electron chi connectivity index (χ1n) is 6.99. The zero-order chi connectivity index (χ0) is 16.0. The minimum absolute atomic E-state index is 0.0602. The third kappa shape index (κ3) is 4.66. The number of nitrogen functional groups attached to an aromatic ring is 1. The summed E-state index contributed by atoms with van der Waals surface area (Å²) in [5, 5.41) is 5.81. The van der Waals surface area contributed by atoms with Crippen LogP contribution in [0.15, 0.2) is 18.2 Å². The topological polar surface area (TPSA) is 93.4 Å². The molecule has 0 fully saturated rings. The molecular formula is C15H23N3O3. The smallest absolute Gasteiger partial charge is 0.340 e. The molecule has 1 amide bonds. The second kappa shape index (κ2) is 7.52. The molecule has 0 aliphatic heterocycles. The molecule has 0 aliphatic rings. The summed E-state index contributed by atoms with van der Waals surface area (Å²) in [6.45, 7) is 7.52. The third-order valence-corrected chi connectivity index (χ3v) is 2.80. The van der Waals surface area contributed by atoms with Crippen LogP contribution in [0.5, 0.6) is 0 Å². The lowest BCUT2D eigenvalue weighted by Gasteiger charge is -2.19. The highest BCUT2D eigenvalue weighted by atomic mass is 16.5. The second-order valence-corrected chi connectivity index (χ2v) is 5.02. The fraction of sp³-hybridized carbons (Fsp3) is 0.467. The number of ether oxygens (including phenoxy) is 1. The Hall–Kier alpha value is -2.24. The van der Waals surface area contributed by atoms with Crippen molar-refractivity contribution < 1.29 is 14.3 Å². The second-order valence-electron chi connectivity index (χ2n) is 5.02. The molecule has 0 bridgehead atoms. The summed E-state index contributed by atoms with van der Waals surface area (Å²) >= 11 is 0. The minimum atomic E-state index is -0.474. The minimum Gasteiger partial charge on any atom is -0.462 e. The molecule has 1 unspecified atom stereocenters. The summed E-state index contributed by atoms with van der Waals surface area (Å²) in [5.74, 6) is -0.608. The van der Waals surface area contributed by atoms with Crippen molar-refractivity contribution in [2.75, 3.05) is 17.7 Å². The van der Waals surface area contributed by atoms with Gasteiger partial charge in [-0.15, -0.1) is 0 Å². The predicted octanol–water partition coefficient (Wildman–Crippen LogP) is 1.77. The van der Waals surface area contributed by atoms with Gasteiger partial charge in [0.15, 0.2) is 0 Å². The molecule has 1 aromatic rings. The molecule has 0 saturated heterocycles. The lowest BCUT2D eigenvalue weighted by Crippen LogP contribution is -2.41. The van der Waals surface area contributed by atoms with Gasteiger partial charge in [-0.3, -0.25) is 4.79 Å². The van der Waals surface area contributed by atoms with Crippen LogP contribution in [0.2, 0.25) is 0 Å². The number of rotatable bonds is 6. The molecule has 0 heterocycles. The van der Waals surface area contributed by atoms with Crippen molar-refractivity contribution in [2.24, 2.45) is 0 Å². The highest BCUT2D eigenvalue weighted by Crippen LogP contribution is 2.24. The lowest BCUT2D eigenvalue weighted by molar-refractivity contribution is -0.122. The maximum Gasteiger partial charge on any atom is 0.340 e. The van der Waals surface area contributed by atoms with Crippen LogP contribution in [-0.2, 0) is 9.53 Å². The Morgan fingerprint density at radius 2 is 1.95 bits per heavy atom. The molecule has 0 saturated carbocycles. The molecule has 0 radical (unpaired) electrons. The molecule has 21 heavy (non-hydrogen) atoms. The number of para-hydroxylation sites is 1. The molecule has 6 nitrogen and oxygen atoms in total. The van der Waals surface area contributed by atoms with E-state index in [-0.39, 0.29) is 24.2 Å². The number of anilines is 2. The van der Waals surface area contributed by atoms with E-state index in [1.54, 1.807) is 32.0 Å². The standard InChI is InChI=1S/C15H23N3O3/c1-5-21-15(20)11-7-6-8-12(13(11)16)18-10(4)14(19)17-9(2)3/h6-10,18H,5,16H2,1-4H3,(H,17,19). The summed E-state index contributed by atoms with van der Waals surface area (Å²) in [6.07, 6.45) is 0. The fourth-order valence-corrected chi connectivity index (χ4v) is 1.79. The lowest BCUT2D eigenvalue weighted by atomic mass is 10.1. The Morgan fingerprint density at radius 3 is 2.52 bits per heavy atom. The average Bonchev–Trinajstić information content (AvgIpc) is 2.40. The third-order valence-electron chi connectivity index (χ3n) is 2.80. The first kappa shape index (κ1) is 16.8. The SMILES string of the molecule is CCOC(=O)c1cccc(NC(C)C(=O)NC(C)C)c1N. The van der Waals surface area contributed by atoms with Gasteiger partial charge in [0.1, 0.15) is 6.04 Å². The van der Waals surface area contributed by atoms with Crippen molar-refractivity contribution in [1.29, 1.82) is 0 Å². The Balaban J connectivity index is 2.87. The summed E-state index contributed by atoms with van der Waals surface area (Å²) in [6, 6.07) is 4.60. The maximum atomic E-state index is 11.9. The molecular weight excluding hydrogens is 270 g/mol. The highest BCUT2D eigenvalue weighted by molar-refractivity contribution is 5.99. The maximum absolute atomic E-state index is 11.9. The Morgan fingerprint density at radius 1 is 1.29 bits per heavy atom. The van der Waals surface area contributed by atoms with Gasteiger partial charge < -0.3 is 21.1 Å². The van der Waals surface area contributed by atoms with Gasteiger partial charge in [-0.25, -0.2) is 4.79 Å². The van der Waals surface area contributed by atoms with Gasteiger partial charge in [0, 0.05) is 6.04 Å². The number of nitrogens with one attached hydrogen (secondary N) is 2. The van der Waals surface area contributed by atoms with Crippen LogP contribution in [-0.4, -0.2) is 30.6 Å². The van der Waals surface area contributed by atoms with E-state index in [1.807, 2.05) is 13.8 Å². The molecule has 6 heteroatoms. The Labute approximate surface area is 125 Å². The zero-order valence-electron chi connectivity index (χ0n) is 12.9. The van der Waals surface area contributed by atoms with Crippen LogP contribution in [0.4, 0.5) is 11.4 Å². The van der Waals surface area contributed by atoms with Crippen molar-refractivity contribution in [3.8, 4) is 0 Å². The van der Waals surface area contributed by atoms with Gasteiger partial charge >= 0.3 is 5.97 Å². The highest BCUT2D eigenvalue weighted by Gasteiger charge is 2.17. The van der Waals surface area contributed by atoms with Gasteiger partial charge in [0.2, 0.25) is 5.91 Å². The summed E-state index contributed by atoms with van der Waals surface area (Å²) in [4.78, 5) is 23.7. The molecule has 0 aromatic heterocycles. The first-order valence-corrected chi connectivity index (χ1v) is 6.99. The van der Waals surface area contributed by atoms with E-state index in [9.17, 15) is 9.59 Å². The first-order chi connectivity index (χ1) is 9.86. The molecule has 0 aliphatic carbocycles. The van der Waals surface area contributed by atoms with Crippen LogP contribution in [0, 0.1) is 0 Å². The molecule has 4 N–H and O–H groups in total. The van der Waals surface area contributed by atoms with E-state index in [0.29, 0.717) is 11.3 Å². The molecule has 1 atom stereocenters. The zero-order valence-corrected chi connectivity index (χ0v) is 12.9. The van der Waals surface area contributed by atoms with Gasteiger partial charge in [0.05, 0.1) is 23.5 Å². The number of amides is 1. The molecule has 116 valence electrons. The van der Waals surface area contributed by atoms with Gasteiger partial charge in [-0.05, 0) is 39.8 Å². The number of hydrogen-bond acceptors (Lipinski definition) is 5. The number of benzene rings is 1. The molecule has 0 spiro atoms. The number of hydrogen-bond donors (Lipinski definition) is 3. The van der Waals surface area contributed by atoms with Crippen LogP contribution in [0.3, 0.4) is 0 Å². The van der Waals surface area contributed by atoms with E-state index >= 15 is 0 Å². The van der Waals surface area contributed by atoms with Gasteiger partial charge in [-0.2, -0.15) is 0 Å². The van der Waals surface area contributed by atoms with Crippen molar-refractivity contribution in [3.05, 3.63) is 23.8 Å². The van der Waals surface area contributed by atoms with E-state index in [0.717, 1.165) is 0 Å². The normalized spacial score (nSPS) is 11.9. The molecule has 1 aromatic carbocycles. The number of esters is 1. The van der Waals surface area contributed by atoms with Crippen LogP contribution >= 0.6 is 0 Å². The van der Waals surface area contributed by atoms with E-state index in [1.165, 1.54) is 0 Å². The Kier molecular flexibility index (Phi) is 6.02. The monoisotopic (exact) mass is 293 g/mol. The van der Waals surface area contributed by atoms with Crippen molar-refractivity contribution >= 4 is 23.3 Å². The van der Waals surface area contributed by atoms with Gasteiger partial charge in [0.25, 0.3) is 0 Å². The largest absolute Gasteiger partial charge is 0.462 e. The predicted molar refractivity (Wildman–Crippen MR) is 83.2 cm³/mol. The number of carbonyl (C=O) groups excluding carboxylic acids is 2. The van der Waals surface area contributed by atoms with Crippen LogP contribution in [0.25, 0.3) is 0 Å². The van der Waals surface area contributed by atoms with E-state index < -0.39 is 12.0 Å². The van der Waals surface area contributed by atoms with Crippen molar-refractivity contribution in [2.45, 2.75) is 39.8 Å². The van der Waals surface area contributed by atoms with Gasteiger partial charge in [-0.1, -0.05) is 6.07 Å². The summed E-state index contributed by atoms with van der Waals surface area (Å²) < 4.78 is 4.94. The fourth-order valence-electron chi connectivity index (χ4n) is 1.79. The Bertz CT molecular complexity index is 515. The van der Waals surface area contributed by atoms with Crippen LogP contribution in [0.1, 0.15) is 38.1 Å². The average molecular weight is 293 g/mol. The molecule has 1 rings (SSSR count). The van der Waals surface area contributed by atoms with Crippen molar-refractivity contribution in [3.63, 3.8) is 0 Å². The van der Waals surface area contributed by atoms with E-state index in [2.05, 4.69) is 10.6 Å². The van der Waals surface area contributed by atoms with Crippen molar-refractivity contribution in [1.82, 2.24) is 5.32 Å². The summed E-state index contributed by atoms with van der Waals surface area (Å²) in [5.41, 5.74) is 7.07.